The van der Waals surface area contributed by atoms with Crippen LogP contribution in [0.25, 0.3) is 0 Å². The van der Waals surface area contributed by atoms with Crippen molar-refractivity contribution >= 4 is 33.5 Å². The first-order chi connectivity index (χ1) is 8.43. The van der Waals surface area contributed by atoms with Crippen LogP contribution >= 0.6 is 27.7 Å². The molecule has 1 heterocycles. The quantitative estimate of drug-likeness (QED) is 0.343. The van der Waals surface area contributed by atoms with Crippen LogP contribution < -0.4 is 5.73 Å². The highest BCUT2D eigenvalue weighted by atomic mass is 79.9. The molecule has 5 heteroatoms. The Balaban J connectivity index is 2.24. The number of nitrogens with zero attached hydrogens (tertiary/aromatic N) is 1. The molecule has 3 N–H and O–H groups in total. The van der Waals surface area contributed by atoms with Gasteiger partial charge >= 0.3 is 0 Å². The van der Waals surface area contributed by atoms with Crippen LogP contribution in [0.5, 0.6) is 0 Å². The summed E-state index contributed by atoms with van der Waals surface area (Å²) in [4.78, 5) is 4.31. The third kappa shape index (κ3) is 4.98. The van der Waals surface area contributed by atoms with E-state index in [9.17, 15) is 0 Å². The van der Waals surface area contributed by atoms with Crippen molar-refractivity contribution < 1.29 is 0 Å². The van der Waals surface area contributed by atoms with Crippen LogP contribution in [-0.2, 0) is 0 Å². The maximum atomic E-state index is 7.50. The number of amidine groups is 1. The Morgan fingerprint density at radius 2 is 2.22 bits per heavy atom. The second kappa shape index (κ2) is 7.14. The van der Waals surface area contributed by atoms with Crippen LogP contribution in [-0.4, -0.2) is 16.6 Å². The van der Waals surface area contributed by atoms with Crippen LogP contribution in [0.1, 0.15) is 33.1 Å². The van der Waals surface area contributed by atoms with Crippen molar-refractivity contribution in [3.63, 3.8) is 0 Å². The minimum absolute atomic E-state index is 0.170. The highest BCUT2D eigenvalue weighted by Gasteiger charge is 2.20. The molecule has 0 saturated heterocycles. The fraction of sp³-hybridized carbons (Fsp3) is 0.538. The van der Waals surface area contributed by atoms with Gasteiger partial charge in [-0.25, -0.2) is 4.98 Å². The molecule has 0 bridgehead atoms. The van der Waals surface area contributed by atoms with E-state index in [-0.39, 0.29) is 11.3 Å². The normalized spacial score (nSPS) is 11.5. The monoisotopic (exact) mass is 329 g/mol. The average molecular weight is 330 g/mol. The zero-order chi connectivity index (χ0) is 13.6. The summed E-state index contributed by atoms with van der Waals surface area (Å²) in [5, 5.41) is 8.54. The molecule has 0 atom stereocenters. The Morgan fingerprint density at radius 3 is 2.83 bits per heavy atom. The first-order valence-corrected chi connectivity index (χ1v) is 7.79. The van der Waals surface area contributed by atoms with Gasteiger partial charge in [-0.3, -0.25) is 5.41 Å². The molecule has 0 unspecified atom stereocenters. The second-order valence-corrected chi connectivity index (χ2v) is 6.83. The van der Waals surface area contributed by atoms with Gasteiger partial charge < -0.3 is 5.73 Å². The number of hydrogen-bond acceptors (Lipinski definition) is 3. The Morgan fingerprint density at radius 1 is 1.50 bits per heavy atom. The number of thioether (sulfide) groups is 1. The summed E-state index contributed by atoms with van der Waals surface area (Å²) >= 11 is 5.25. The molecule has 1 aromatic rings. The molecule has 0 fully saturated rings. The lowest BCUT2D eigenvalue weighted by molar-refractivity contribution is 0.448. The van der Waals surface area contributed by atoms with Crippen LogP contribution in [0, 0.1) is 10.8 Å². The molecule has 0 saturated carbocycles. The van der Waals surface area contributed by atoms with E-state index in [0.29, 0.717) is 0 Å². The van der Waals surface area contributed by atoms with E-state index in [1.165, 1.54) is 0 Å². The summed E-state index contributed by atoms with van der Waals surface area (Å²) in [5.41, 5.74) is 5.39. The number of pyridine rings is 1. The Kier molecular flexibility index (Phi) is 6.15. The lowest BCUT2D eigenvalue weighted by atomic mass is 9.86. The zero-order valence-corrected chi connectivity index (χ0v) is 13.3. The maximum absolute atomic E-state index is 7.50. The predicted molar refractivity (Wildman–Crippen MR) is 82.2 cm³/mol. The topological polar surface area (TPSA) is 62.8 Å². The average Bonchev–Trinajstić information content (AvgIpc) is 2.30. The fourth-order valence-electron chi connectivity index (χ4n) is 1.45. The van der Waals surface area contributed by atoms with Gasteiger partial charge in [-0.1, -0.05) is 20.3 Å². The van der Waals surface area contributed by atoms with Crippen molar-refractivity contribution in [1.29, 1.82) is 5.41 Å². The third-order valence-electron chi connectivity index (χ3n) is 2.89. The van der Waals surface area contributed by atoms with Crippen molar-refractivity contribution in [2.24, 2.45) is 11.1 Å². The number of hydrogen-bond donors (Lipinski definition) is 2. The highest BCUT2D eigenvalue weighted by molar-refractivity contribution is 9.10. The molecule has 100 valence electrons. The summed E-state index contributed by atoms with van der Waals surface area (Å²) in [7, 11) is 0. The van der Waals surface area contributed by atoms with E-state index >= 15 is 0 Å². The van der Waals surface area contributed by atoms with Gasteiger partial charge in [0.15, 0.2) is 0 Å². The van der Waals surface area contributed by atoms with Crippen LogP contribution in [0.3, 0.4) is 0 Å². The molecule has 3 nitrogen and oxygen atoms in total. The minimum atomic E-state index is -0.170. The highest BCUT2D eigenvalue weighted by Crippen LogP contribution is 2.27. The largest absolute Gasteiger partial charge is 0.387 e. The van der Waals surface area contributed by atoms with E-state index in [2.05, 4.69) is 20.9 Å². The van der Waals surface area contributed by atoms with Crippen molar-refractivity contribution in [3.8, 4) is 0 Å². The lowest BCUT2D eigenvalue weighted by Gasteiger charge is -2.22. The molecule has 0 aliphatic heterocycles. The van der Waals surface area contributed by atoms with E-state index in [1.807, 2.05) is 32.2 Å². The first-order valence-electron chi connectivity index (χ1n) is 6.01. The molecule has 0 aliphatic rings. The van der Waals surface area contributed by atoms with Crippen molar-refractivity contribution in [2.75, 3.05) is 5.75 Å². The second-order valence-electron chi connectivity index (χ2n) is 4.89. The van der Waals surface area contributed by atoms with Gasteiger partial charge in [0.25, 0.3) is 0 Å². The van der Waals surface area contributed by atoms with Gasteiger partial charge in [0, 0.05) is 16.1 Å². The van der Waals surface area contributed by atoms with Gasteiger partial charge in [0.2, 0.25) is 0 Å². The van der Waals surface area contributed by atoms with Gasteiger partial charge in [-0.15, -0.1) is 11.8 Å². The molecule has 0 aromatic carbocycles. The Bertz CT molecular complexity index is 407. The first kappa shape index (κ1) is 15.5. The molecule has 0 aliphatic carbocycles. The van der Waals surface area contributed by atoms with Crippen molar-refractivity contribution in [2.45, 2.75) is 38.1 Å². The third-order valence-corrected chi connectivity index (χ3v) is 4.88. The van der Waals surface area contributed by atoms with Crippen LogP contribution in [0.15, 0.2) is 27.8 Å². The number of rotatable bonds is 7. The van der Waals surface area contributed by atoms with Crippen LogP contribution in [0.2, 0.25) is 0 Å². The molecular weight excluding hydrogens is 310 g/mol. The molecule has 0 amide bonds. The molecule has 0 radical (unpaired) electrons. The molecule has 0 spiro atoms. The summed E-state index contributed by atoms with van der Waals surface area (Å²) < 4.78 is 1.05. The fourth-order valence-corrected chi connectivity index (χ4v) is 2.93. The van der Waals surface area contributed by atoms with E-state index in [1.54, 1.807) is 11.8 Å². The van der Waals surface area contributed by atoms with Gasteiger partial charge in [0.1, 0.15) is 5.03 Å². The molecular formula is C13H20BrN3S. The van der Waals surface area contributed by atoms with Gasteiger partial charge in [-0.2, -0.15) is 0 Å². The molecule has 18 heavy (non-hydrogen) atoms. The van der Waals surface area contributed by atoms with Gasteiger partial charge in [0.05, 0.1) is 5.84 Å². The van der Waals surface area contributed by atoms with Crippen molar-refractivity contribution in [1.82, 2.24) is 4.98 Å². The maximum Gasteiger partial charge on any atom is 0.110 e. The Labute approximate surface area is 122 Å². The van der Waals surface area contributed by atoms with Crippen LogP contribution in [0.4, 0.5) is 0 Å². The summed E-state index contributed by atoms with van der Waals surface area (Å²) in [6, 6.07) is 3.93. The standard InChI is InChI=1S/C13H20BrN3S/c1-13(2,12(15)16)7-3-4-9-18-11-10(14)6-5-8-17-11/h5-6,8H,3-4,7,9H2,1-2H3,(H3,15,16). The zero-order valence-electron chi connectivity index (χ0n) is 10.9. The predicted octanol–water partition coefficient (Wildman–Crippen LogP) is 4.07. The number of halogens is 1. The molecule has 1 aromatic heterocycles. The van der Waals surface area contributed by atoms with Crippen molar-refractivity contribution in [3.05, 3.63) is 22.8 Å². The molecule has 1 rings (SSSR count). The number of unbranched alkanes of at least 4 members (excludes halogenated alkanes) is 1. The number of aromatic nitrogens is 1. The number of nitrogens with two attached hydrogens (primary N) is 1. The Hall–Kier alpha value is -0.550. The summed E-state index contributed by atoms with van der Waals surface area (Å²) in [5.74, 6) is 1.33. The number of nitrogens with one attached hydrogen (secondary N) is 1. The smallest absolute Gasteiger partial charge is 0.110 e. The SMILES string of the molecule is CC(C)(CCCCSc1ncccc1Br)C(=N)N. The lowest BCUT2D eigenvalue weighted by Crippen LogP contribution is -2.30. The minimum Gasteiger partial charge on any atom is -0.387 e. The van der Waals surface area contributed by atoms with Gasteiger partial charge in [-0.05, 0) is 46.7 Å². The van der Waals surface area contributed by atoms with E-state index in [0.717, 1.165) is 34.5 Å². The van der Waals surface area contributed by atoms with E-state index < -0.39 is 0 Å². The summed E-state index contributed by atoms with van der Waals surface area (Å²) in [6.07, 6.45) is 4.98. The van der Waals surface area contributed by atoms with E-state index in [4.69, 9.17) is 11.1 Å². The summed E-state index contributed by atoms with van der Waals surface area (Å²) in [6.45, 7) is 4.05.